The smallest absolute Gasteiger partial charge is 0.261 e. The third kappa shape index (κ3) is 4.89. The molecule has 1 atom stereocenters. The molecule has 3 heteroatoms. The Morgan fingerprint density at radius 1 is 1.29 bits per heavy atom. The molecule has 0 aliphatic carbocycles. The summed E-state index contributed by atoms with van der Waals surface area (Å²) in [5.41, 5.74) is -0.232. The van der Waals surface area contributed by atoms with Gasteiger partial charge in [0.25, 0.3) is 5.91 Å². The van der Waals surface area contributed by atoms with Crippen LogP contribution >= 0.6 is 0 Å². The molecule has 1 aromatic carbocycles. The Kier molecular flexibility index (Phi) is 4.55. The molecule has 0 aliphatic heterocycles. The van der Waals surface area contributed by atoms with Crippen molar-refractivity contribution in [3.05, 3.63) is 30.3 Å². The van der Waals surface area contributed by atoms with Gasteiger partial charge >= 0.3 is 0 Å². The van der Waals surface area contributed by atoms with E-state index in [1.165, 1.54) is 0 Å². The van der Waals surface area contributed by atoms with E-state index in [0.29, 0.717) is 6.42 Å². The number of hydrogen-bond donors (Lipinski definition) is 1. The third-order valence-corrected chi connectivity index (χ3v) is 2.18. The van der Waals surface area contributed by atoms with Gasteiger partial charge in [0.2, 0.25) is 0 Å². The average molecular weight is 235 g/mol. The van der Waals surface area contributed by atoms with Gasteiger partial charge in [0.1, 0.15) is 5.75 Å². The molecular weight excluding hydrogens is 214 g/mol. The van der Waals surface area contributed by atoms with Gasteiger partial charge in [-0.1, -0.05) is 25.1 Å². The van der Waals surface area contributed by atoms with Crippen molar-refractivity contribution in [2.45, 2.75) is 45.8 Å². The number of hydrogen-bond acceptors (Lipinski definition) is 2. The van der Waals surface area contributed by atoms with E-state index in [1.807, 2.05) is 58.0 Å². The minimum absolute atomic E-state index is 0.0659. The standard InChI is InChI=1S/C14H21NO2/c1-5-12(13(16)15-14(2,3)4)17-11-9-7-6-8-10-11/h6-10,12H,5H2,1-4H3,(H,15,16)/t12-/m0/s1. The Hall–Kier alpha value is -1.51. The largest absolute Gasteiger partial charge is 0.481 e. The van der Waals surface area contributed by atoms with Crippen LogP contribution in [0.15, 0.2) is 30.3 Å². The van der Waals surface area contributed by atoms with Crippen LogP contribution in [0.2, 0.25) is 0 Å². The minimum Gasteiger partial charge on any atom is -0.481 e. The topological polar surface area (TPSA) is 38.3 Å². The van der Waals surface area contributed by atoms with Crippen LogP contribution in [0.25, 0.3) is 0 Å². The van der Waals surface area contributed by atoms with E-state index in [-0.39, 0.29) is 11.4 Å². The molecule has 0 aromatic heterocycles. The fourth-order valence-corrected chi connectivity index (χ4v) is 1.44. The molecule has 94 valence electrons. The normalized spacial score (nSPS) is 12.9. The van der Waals surface area contributed by atoms with Gasteiger partial charge in [0.15, 0.2) is 6.10 Å². The van der Waals surface area contributed by atoms with E-state index < -0.39 is 6.10 Å². The van der Waals surface area contributed by atoms with Crippen LogP contribution in [0.3, 0.4) is 0 Å². The Bertz CT molecular complexity index is 354. The quantitative estimate of drug-likeness (QED) is 0.871. The molecule has 0 unspecified atom stereocenters. The first-order valence-corrected chi connectivity index (χ1v) is 5.96. The summed E-state index contributed by atoms with van der Waals surface area (Å²) in [6, 6.07) is 9.41. The number of carbonyl (C=O) groups is 1. The van der Waals surface area contributed by atoms with Crippen molar-refractivity contribution >= 4 is 5.91 Å². The zero-order valence-corrected chi connectivity index (χ0v) is 11.0. The Morgan fingerprint density at radius 2 is 1.88 bits per heavy atom. The zero-order valence-electron chi connectivity index (χ0n) is 11.0. The molecular formula is C14H21NO2. The summed E-state index contributed by atoms with van der Waals surface area (Å²) < 4.78 is 5.66. The SMILES string of the molecule is CC[C@H](Oc1ccccc1)C(=O)NC(C)(C)C. The first kappa shape index (κ1) is 13.6. The maximum atomic E-state index is 12.0. The maximum Gasteiger partial charge on any atom is 0.261 e. The second kappa shape index (κ2) is 5.71. The van der Waals surface area contributed by atoms with Crippen LogP contribution in [0.1, 0.15) is 34.1 Å². The van der Waals surface area contributed by atoms with Crippen molar-refractivity contribution in [3.63, 3.8) is 0 Å². The van der Waals surface area contributed by atoms with Crippen molar-refractivity contribution in [1.29, 1.82) is 0 Å². The predicted molar refractivity (Wildman–Crippen MR) is 69.0 cm³/mol. The second-order valence-corrected chi connectivity index (χ2v) is 5.07. The molecule has 0 saturated heterocycles. The lowest BCUT2D eigenvalue weighted by molar-refractivity contribution is -0.129. The molecule has 0 heterocycles. The van der Waals surface area contributed by atoms with Gasteiger partial charge in [-0.2, -0.15) is 0 Å². The molecule has 3 nitrogen and oxygen atoms in total. The lowest BCUT2D eigenvalue weighted by atomic mass is 10.1. The third-order valence-electron chi connectivity index (χ3n) is 2.18. The van der Waals surface area contributed by atoms with Crippen LogP contribution in [-0.4, -0.2) is 17.6 Å². The van der Waals surface area contributed by atoms with Crippen LogP contribution in [-0.2, 0) is 4.79 Å². The molecule has 0 radical (unpaired) electrons. The van der Waals surface area contributed by atoms with Crippen LogP contribution < -0.4 is 10.1 Å². The van der Waals surface area contributed by atoms with Gasteiger partial charge in [0, 0.05) is 5.54 Å². The van der Waals surface area contributed by atoms with E-state index >= 15 is 0 Å². The van der Waals surface area contributed by atoms with E-state index in [4.69, 9.17) is 4.74 Å². The van der Waals surface area contributed by atoms with Crippen molar-refractivity contribution in [2.24, 2.45) is 0 Å². The maximum absolute atomic E-state index is 12.0. The van der Waals surface area contributed by atoms with Gasteiger partial charge in [-0.15, -0.1) is 0 Å². The predicted octanol–water partition coefficient (Wildman–Crippen LogP) is 2.76. The highest BCUT2D eigenvalue weighted by Crippen LogP contribution is 2.13. The first-order chi connectivity index (χ1) is 7.92. The molecule has 0 spiro atoms. The Labute approximate surface area is 103 Å². The molecule has 1 N–H and O–H groups in total. The zero-order chi connectivity index (χ0) is 12.9. The highest BCUT2D eigenvalue weighted by Gasteiger charge is 2.22. The summed E-state index contributed by atoms with van der Waals surface area (Å²) in [5.74, 6) is 0.660. The number of carbonyl (C=O) groups excluding carboxylic acids is 1. The lowest BCUT2D eigenvalue weighted by Gasteiger charge is -2.24. The first-order valence-electron chi connectivity index (χ1n) is 5.96. The minimum atomic E-state index is -0.434. The van der Waals surface area contributed by atoms with Gasteiger partial charge < -0.3 is 10.1 Å². The second-order valence-electron chi connectivity index (χ2n) is 5.07. The molecule has 0 saturated carbocycles. The number of rotatable bonds is 4. The summed E-state index contributed by atoms with van der Waals surface area (Å²) in [5, 5.41) is 2.93. The van der Waals surface area contributed by atoms with Crippen molar-refractivity contribution in [3.8, 4) is 5.75 Å². The summed E-state index contributed by atoms with van der Waals surface area (Å²) in [6.07, 6.45) is 0.216. The lowest BCUT2D eigenvalue weighted by Crippen LogP contribution is -2.47. The fraction of sp³-hybridized carbons (Fsp3) is 0.500. The van der Waals surface area contributed by atoms with Crippen molar-refractivity contribution in [2.75, 3.05) is 0 Å². The van der Waals surface area contributed by atoms with Gasteiger partial charge in [-0.3, -0.25) is 4.79 Å². The molecule has 1 rings (SSSR count). The Morgan fingerprint density at radius 3 is 2.35 bits per heavy atom. The number of ether oxygens (including phenoxy) is 1. The van der Waals surface area contributed by atoms with E-state index in [9.17, 15) is 4.79 Å². The molecule has 0 bridgehead atoms. The summed E-state index contributed by atoms with van der Waals surface area (Å²) in [4.78, 5) is 12.0. The molecule has 1 amide bonds. The number of amides is 1. The molecule has 1 aromatic rings. The summed E-state index contributed by atoms with van der Waals surface area (Å²) in [6.45, 7) is 7.82. The fourth-order valence-electron chi connectivity index (χ4n) is 1.44. The molecule has 0 fully saturated rings. The number of benzene rings is 1. The average Bonchev–Trinajstić information content (AvgIpc) is 2.24. The summed E-state index contributed by atoms with van der Waals surface area (Å²) >= 11 is 0. The van der Waals surface area contributed by atoms with Crippen LogP contribution in [0, 0.1) is 0 Å². The number of nitrogens with one attached hydrogen (secondary N) is 1. The van der Waals surface area contributed by atoms with Crippen molar-refractivity contribution in [1.82, 2.24) is 5.32 Å². The Balaban J connectivity index is 2.63. The van der Waals surface area contributed by atoms with E-state index in [1.54, 1.807) is 0 Å². The van der Waals surface area contributed by atoms with Crippen molar-refractivity contribution < 1.29 is 9.53 Å². The van der Waals surface area contributed by atoms with Gasteiger partial charge in [-0.25, -0.2) is 0 Å². The van der Waals surface area contributed by atoms with Gasteiger partial charge in [-0.05, 0) is 39.3 Å². The highest BCUT2D eigenvalue weighted by molar-refractivity contribution is 5.81. The summed E-state index contributed by atoms with van der Waals surface area (Å²) in [7, 11) is 0. The number of para-hydroxylation sites is 1. The van der Waals surface area contributed by atoms with E-state index in [2.05, 4.69) is 5.32 Å². The van der Waals surface area contributed by atoms with Crippen LogP contribution in [0.5, 0.6) is 5.75 Å². The van der Waals surface area contributed by atoms with Crippen LogP contribution in [0.4, 0.5) is 0 Å². The molecule has 17 heavy (non-hydrogen) atoms. The highest BCUT2D eigenvalue weighted by atomic mass is 16.5. The van der Waals surface area contributed by atoms with E-state index in [0.717, 1.165) is 5.75 Å². The van der Waals surface area contributed by atoms with Gasteiger partial charge in [0.05, 0.1) is 0 Å². The molecule has 0 aliphatic rings. The monoisotopic (exact) mass is 235 g/mol.